The Morgan fingerprint density at radius 3 is 2.43 bits per heavy atom. The second-order valence-corrected chi connectivity index (χ2v) is 5.61. The van der Waals surface area contributed by atoms with Gasteiger partial charge in [-0.25, -0.2) is 9.97 Å². The van der Waals surface area contributed by atoms with Crippen LogP contribution in [0.3, 0.4) is 0 Å². The van der Waals surface area contributed by atoms with E-state index in [2.05, 4.69) is 20.6 Å². The van der Waals surface area contributed by atoms with E-state index in [1.54, 1.807) is 20.5 Å². The van der Waals surface area contributed by atoms with Crippen molar-refractivity contribution in [2.45, 2.75) is 31.7 Å². The van der Waals surface area contributed by atoms with E-state index in [-0.39, 0.29) is 0 Å². The normalized spacial score (nSPS) is 14.5. The van der Waals surface area contributed by atoms with Crippen molar-refractivity contribution in [2.75, 3.05) is 24.9 Å². The van der Waals surface area contributed by atoms with E-state index < -0.39 is 0 Å². The second-order valence-electron chi connectivity index (χ2n) is 5.61. The molecule has 23 heavy (non-hydrogen) atoms. The fraction of sp³-hybridized carbons (Fsp3) is 0.412. The minimum Gasteiger partial charge on any atom is -0.493 e. The van der Waals surface area contributed by atoms with Crippen molar-refractivity contribution < 1.29 is 9.47 Å². The summed E-state index contributed by atoms with van der Waals surface area (Å²) in [5, 5.41) is 6.74. The van der Waals surface area contributed by atoms with Crippen molar-refractivity contribution in [1.29, 1.82) is 0 Å². The van der Waals surface area contributed by atoms with Crippen LogP contribution in [0.4, 0.5) is 17.3 Å². The summed E-state index contributed by atoms with van der Waals surface area (Å²) in [6.07, 6.45) is 6.57. The molecule has 6 heteroatoms. The summed E-state index contributed by atoms with van der Waals surface area (Å²) in [6, 6.07) is 8.12. The Balaban J connectivity index is 1.72. The maximum absolute atomic E-state index is 5.32. The van der Waals surface area contributed by atoms with Crippen LogP contribution in [0.15, 0.2) is 30.6 Å². The van der Waals surface area contributed by atoms with Gasteiger partial charge in [0.1, 0.15) is 18.0 Å². The third kappa shape index (κ3) is 3.83. The molecule has 122 valence electrons. The smallest absolute Gasteiger partial charge is 0.162 e. The highest BCUT2D eigenvalue weighted by molar-refractivity contribution is 5.63. The molecule has 0 aliphatic heterocycles. The molecule has 1 saturated carbocycles. The number of ether oxygens (including phenoxy) is 2. The Morgan fingerprint density at radius 2 is 1.70 bits per heavy atom. The molecule has 0 saturated heterocycles. The lowest BCUT2D eigenvalue weighted by Crippen LogP contribution is -2.15. The van der Waals surface area contributed by atoms with Gasteiger partial charge in [0, 0.05) is 23.9 Å². The molecule has 1 aliphatic rings. The third-order valence-corrected chi connectivity index (χ3v) is 4.03. The van der Waals surface area contributed by atoms with Crippen LogP contribution in [0, 0.1) is 0 Å². The Labute approximate surface area is 136 Å². The van der Waals surface area contributed by atoms with E-state index >= 15 is 0 Å². The number of hydrogen-bond acceptors (Lipinski definition) is 6. The van der Waals surface area contributed by atoms with E-state index in [1.165, 1.54) is 25.7 Å². The fourth-order valence-electron chi connectivity index (χ4n) is 2.85. The van der Waals surface area contributed by atoms with Crippen LogP contribution in [0.2, 0.25) is 0 Å². The molecular formula is C17H22N4O2. The van der Waals surface area contributed by atoms with Crippen LogP contribution in [-0.4, -0.2) is 30.2 Å². The summed E-state index contributed by atoms with van der Waals surface area (Å²) in [5.74, 6) is 2.97. The topological polar surface area (TPSA) is 68.3 Å². The Morgan fingerprint density at radius 1 is 0.957 bits per heavy atom. The van der Waals surface area contributed by atoms with Gasteiger partial charge >= 0.3 is 0 Å². The molecular weight excluding hydrogens is 292 g/mol. The van der Waals surface area contributed by atoms with Gasteiger partial charge in [0.25, 0.3) is 0 Å². The summed E-state index contributed by atoms with van der Waals surface area (Å²) in [5.41, 5.74) is 0.883. The van der Waals surface area contributed by atoms with Crippen molar-refractivity contribution in [1.82, 2.24) is 9.97 Å². The summed E-state index contributed by atoms with van der Waals surface area (Å²) in [4.78, 5) is 8.57. The van der Waals surface area contributed by atoms with Crippen molar-refractivity contribution in [3.05, 3.63) is 30.6 Å². The van der Waals surface area contributed by atoms with Crippen LogP contribution < -0.4 is 20.1 Å². The van der Waals surface area contributed by atoms with Crippen molar-refractivity contribution in [3.63, 3.8) is 0 Å². The molecule has 0 spiro atoms. The van der Waals surface area contributed by atoms with Gasteiger partial charge in [-0.1, -0.05) is 12.8 Å². The third-order valence-electron chi connectivity index (χ3n) is 4.03. The van der Waals surface area contributed by atoms with E-state index in [0.29, 0.717) is 17.5 Å². The average molecular weight is 314 g/mol. The number of nitrogens with zero attached hydrogens (tertiary/aromatic N) is 2. The van der Waals surface area contributed by atoms with Crippen molar-refractivity contribution in [3.8, 4) is 11.5 Å². The Hall–Kier alpha value is -2.50. The predicted molar refractivity (Wildman–Crippen MR) is 90.7 cm³/mol. The molecule has 2 aromatic rings. The first-order chi connectivity index (χ1) is 11.3. The molecule has 1 heterocycles. The number of anilines is 3. The lowest BCUT2D eigenvalue weighted by atomic mass is 10.2. The molecule has 1 aromatic carbocycles. The molecule has 0 radical (unpaired) electrons. The van der Waals surface area contributed by atoms with Crippen LogP contribution in [0.5, 0.6) is 11.5 Å². The molecule has 0 amide bonds. The van der Waals surface area contributed by atoms with E-state index in [4.69, 9.17) is 9.47 Å². The molecule has 1 aromatic heterocycles. The number of hydrogen-bond donors (Lipinski definition) is 2. The lowest BCUT2D eigenvalue weighted by Gasteiger charge is -2.14. The van der Waals surface area contributed by atoms with Crippen LogP contribution in [0.25, 0.3) is 0 Å². The average Bonchev–Trinajstić information content (AvgIpc) is 3.08. The van der Waals surface area contributed by atoms with Gasteiger partial charge in [-0.3, -0.25) is 0 Å². The molecule has 1 aliphatic carbocycles. The molecule has 0 atom stereocenters. The monoisotopic (exact) mass is 314 g/mol. The zero-order valence-corrected chi connectivity index (χ0v) is 13.5. The van der Waals surface area contributed by atoms with E-state index in [1.807, 2.05) is 24.3 Å². The minimum absolute atomic E-state index is 0.527. The first-order valence-electron chi connectivity index (χ1n) is 7.86. The van der Waals surface area contributed by atoms with Gasteiger partial charge < -0.3 is 20.1 Å². The number of nitrogens with one attached hydrogen (secondary N) is 2. The van der Waals surface area contributed by atoms with Crippen LogP contribution >= 0.6 is 0 Å². The predicted octanol–water partition coefficient (Wildman–Crippen LogP) is 3.59. The number of rotatable bonds is 6. The molecule has 3 rings (SSSR count). The molecule has 2 N–H and O–H groups in total. The largest absolute Gasteiger partial charge is 0.493 e. The van der Waals surface area contributed by atoms with E-state index in [0.717, 1.165) is 17.3 Å². The first kappa shape index (κ1) is 15.4. The van der Waals surface area contributed by atoms with Crippen LogP contribution in [-0.2, 0) is 0 Å². The maximum Gasteiger partial charge on any atom is 0.162 e. The summed E-state index contributed by atoms with van der Waals surface area (Å²) >= 11 is 0. The highest BCUT2D eigenvalue weighted by Crippen LogP contribution is 2.31. The van der Waals surface area contributed by atoms with Gasteiger partial charge in [0.05, 0.1) is 14.2 Å². The minimum atomic E-state index is 0.527. The first-order valence-corrected chi connectivity index (χ1v) is 7.86. The molecule has 0 bridgehead atoms. The van der Waals surface area contributed by atoms with Gasteiger partial charge in [0.15, 0.2) is 11.5 Å². The SMILES string of the molecule is COc1ccc(Nc2cc(NC3CCCC3)ncn2)cc1OC. The maximum atomic E-state index is 5.32. The Kier molecular flexibility index (Phi) is 4.80. The zero-order chi connectivity index (χ0) is 16.1. The lowest BCUT2D eigenvalue weighted by molar-refractivity contribution is 0.355. The zero-order valence-electron chi connectivity index (χ0n) is 13.5. The number of methoxy groups -OCH3 is 2. The summed E-state index contributed by atoms with van der Waals surface area (Å²) < 4.78 is 10.6. The Bertz CT molecular complexity index is 657. The molecule has 0 unspecified atom stereocenters. The van der Waals surface area contributed by atoms with Gasteiger partial charge in [0.2, 0.25) is 0 Å². The van der Waals surface area contributed by atoms with E-state index in [9.17, 15) is 0 Å². The second kappa shape index (κ2) is 7.17. The van der Waals surface area contributed by atoms with Crippen LogP contribution in [0.1, 0.15) is 25.7 Å². The highest BCUT2D eigenvalue weighted by Gasteiger charge is 2.15. The van der Waals surface area contributed by atoms with Gasteiger partial charge in [-0.2, -0.15) is 0 Å². The number of aromatic nitrogens is 2. The molecule has 6 nitrogen and oxygen atoms in total. The van der Waals surface area contributed by atoms with Gasteiger partial charge in [-0.05, 0) is 25.0 Å². The van der Waals surface area contributed by atoms with Crippen molar-refractivity contribution in [2.24, 2.45) is 0 Å². The fourth-order valence-corrected chi connectivity index (χ4v) is 2.85. The quantitative estimate of drug-likeness (QED) is 0.849. The van der Waals surface area contributed by atoms with Gasteiger partial charge in [-0.15, -0.1) is 0 Å². The number of benzene rings is 1. The summed E-state index contributed by atoms with van der Waals surface area (Å²) in [7, 11) is 3.24. The standard InChI is InChI=1S/C17H22N4O2/c1-22-14-8-7-13(9-15(14)23-2)21-17-10-16(18-11-19-17)20-12-5-3-4-6-12/h7-12H,3-6H2,1-2H3,(H2,18,19,20,21). The molecule has 1 fully saturated rings. The highest BCUT2D eigenvalue weighted by atomic mass is 16.5. The van der Waals surface area contributed by atoms with Crippen molar-refractivity contribution >= 4 is 17.3 Å². The summed E-state index contributed by atoms with van der Waals surface area (Å²) in [6.45, 7) is 0.